The maximum atomic E-state index is 11.8. The van der Waals surface area contributed by atoms with Crippen LogP contribution in [-0.4, -0.2) is 51.0 Å². The van der Waals surface area contributed by atoms with Crippen LogP contribution in [0.1, 0.15) is 19.3 Å². The number of likely N-dealkylation sites (tertiary alicyclic amines) is 1. The molecule has 0 unspecified atom stereocenters. The molecule has 0 aliphatic carbocycles. The van der Waals surface area contributed by atoms with Crippen LogP contribution in [0.2, 0.25) is 0 Å². The summed E-state index contributed by atoms with van der Waals surface area (Å²) in [7, 11) is -0.845. The summed E-state index contributed by atoms with van der Waals surface area (Å²) < 4.78 is 23.6. The van der Waals surface area contributed by atoms with Crippen molar-refractivity contribution in [2.45, 2.75) is 24.5 Å². The second-order valence-electron chi connectivity index (χ2n) is 4.01. The second-order valence-corrected chi connectivity index (χ2v) is 6.41. The Labute approximate surface area is 86.4 Å². The molecule has 1 saturated heterocycles. The van der Waals surface area contributed by atoms with E-state index in [9.17, 15) is 8.42 Å². The number of nitrogens with zero attached hydrogens (tertiary/aromatic N) is 1. The van der Waals surface area contributed by atoms with Crippen LogP contribution in [0.3, 0.4) is 0 Å². The summed E-state index contributed by atoms with van der Waals surface area (Å²) in [6, 6.07) is 0. The highest BCUT2D eigenvalue weighted by atomic mass is 32.2. The molecule has 5 heteroatoms. The molecular formula is C9H20N2O2S. The van der Waals surface area contributed by atoms with Gasteiger partial charge in [-0.05, 0) is 45.9 Å². The Morgan fingerprint density at radius 2 is 1.93 bits per heavy atom. The van der Waals surface area contributed by atoms with Gasteiger partial charge in [-0.15, -0.1) is 0 Å². The number of hydrogen-bond acceptors (Lipinski definition) is 4. The summed E-state index contributed by atoms with van der Waals surface area (Å²) in [5.41, 5.74) is 5.31. The van der Waals surface area contributed by atoms with Crippen molar-refractivity contribution in [1.29, 1.82) is 0 Å². The Morgan fingerprint density at radius 1 is 1.36 bits per heavy atom. The van der Waals surface area contributed by atoms with Gasteiger partial charge in [-0.2, -0.15) is 0 Å². The maximum absolute atomic E-state index is 11.8. The quantitative estimate of drug-likeness (QED) is 0.715. The van der Waals surface area contributed by atoms with Crippen molar-refractivity contribution in [3.63, 3.8) is 0 Å². The van der Waals surface area contributed by atoms with Gasteiger partial charge in [0, 0.05) is 0 Å². The Bertz CT molecular complexity index is 256. The first-order valence-electron chi connectivity index (χ1n) is 5.16. The third kappa shape index (κ3) is 3.22. The van der Waals surface area contributed by atoms with Crippen molar-refractivity contribution >= 4 is 9.84 Å². The Kier molecular flexibility index (Phi) is 4.34. The minimum Gasteiger partial charge on any atom is -0.330 e. The van der Waals surface area contributed by atoms with Gasteiger partial charge in [-0.3, -0.25) is 0 Å². The monoisotopic (exact) mass is 220 g/mol. The molecule has 84 valence electrons. The summed E-state index contributed by atoms with van der Waals surface area (Å²) in [5.74, 6) is 0.262. The maximum Gasteiger partial charge on any atom is 0.153 e. The highest BCUT2D eigenvalue weighted by Gasteiger charge is 2.27. The number of piperidine rings is 1. The molecule has 4 nitrogen and oxygen atoms in total. The van der Waals surface area contributed by atoms with E-state index < -0.39 is 9.84 Å². The molecule has 0 aromatic rings. The van der Waals surface area contributed by atoms with Gasteiger partial charge in [-0.25, -0.2) is 8.42 Å². The summed E-state index contributed by atoms with van der Waals surface area (Å²) in [4.78, 5) is 2.18. The number of nitrogens with two attached hydrogens (primary N) is 1. The number of rotatable bonds is 4. The molecule has 1 fully saturated rings. The zero-order valence-electron chi connectivity index (χ0n) is 8.78. The second kappa shape index (κ2) is 5.09. The third-order valence-electron chi connectivity index (χ3n) is 2.81. The van der Waals surface area contributed by atoms with Crippen LogP contribution in [0.25, 0.3) is 0 Å². The average Bonchev–Trinajstić information content (AvgIpc) is 2.16. The number of hydrogen-bond donors (Lipinski definition) is 1. The van der Waals surface area contributed by atoms with E-state index in [1.54, 1.807) is 0 Å². The fourth-order valence-electron chi connectivity index (χ4n) is 1.80. The van der Waals surface area contributed by atoms with Crippen LogP contribution in [-0.2, 0) is 9.84 Å². The summed E-state index contributed by atoms with van der Waals surface area (Å²) >= 11 is 0. The van der Waals surface area contributed by atoms with Gasteiger partial charge in [0.1, 0.15) is 0 Å². The largest absolute Gasteiger partial charge is 0.330 e. The summed E-state index contributed by atoms with van der Waals surface area (Å²) in [5, 5.41) is -0.120. The van der Waals surface area contributed by atoms with Crippen molar-refractivity contribution < 1.29 is 8.42 Å². The number of sulfone groups is 1. The normalized spacial score (nSPS) is 21.3. The van der Waals surface area contributed by atoms with Crippen LogP contribution in [0.5, 0.6) is 0 Å². The van der Waals surface area contributed by atoms with Crippen molar-refractivity contribution in [3.8, 4) is 0 Å². The van der Waals surface area contributed by atoms with E-state index in [1.807, 2.05) is 7.05 Å². The highest BCUT2D eigenvalue weighted by Crippen LogP contribution is 2.17. The molecule has 0 aromatic heterocycles. The lowest BCUT2D eigenvalue weighted by Crippen LogP contribution is -2.38. The predicted octanol–water partition coefficient (Wildman–Crippen LogP) is -0.156. The first-order valence-corrected chi connectivity index (χ1v) is 6.88. The first-order chi connectivity index (χ1) is 6.56. The lowest BCUT2D eigenvalue weighted by atomic mass is 10.1. The van der Waals surface area contributed by atoms with Crippen LogP contribution < -0.4 is 5.73 Å². The molecule has 0 radical (unpaired) electrons. The van der Waals surface area contributed by atoms with E-state index in [4.69, 9.17) is 5.73 Å². The smallest absolute Gasteiger partial charge is 0.153 e. The highest BCUT2D eigenvalue weighted by molar-refractivity contribution is 7.92. The van der Waals surface area contributed by atoms with Crippen LogP contribution >= 0.6 is 0 Å². The fourth-order valence-corrected chi connectivity index (χ4v) is 3.63. The van der Waals surface area contributed by atoms with Gasteiger partial charge in [0.2, 0.25) is 0 Å². The summed E-state index contributed by atoms with van der Waals surface area (Å²) in [6.07, 6.45) is 2.15. The fraction of sp³-hybridized carbons (Fsp3) is 1.00. The molecule has 0 amide bonds. The standard InChI is InChI=1S/C9H20N2O2S/c1-11-6-3-9(4-7-11)14(12,13)8-2-5-10/h9H,2-8,10H2,1H3. The minimum atomic E-state index is -2.88. The third-order valence-corrected chi connectivity index (χ3v) is 5.15. The molecular weight excluding hydrogens is 200 g/mol. The topological polar surface area (TPSA) is 63.4 Å². The van der Waals surface area contributed by atoms with E-state index in [0.717, 1.165) is 25.9 Å². The van der Waals surface area contributed by atoms with Crippen molar-refractivity contribution in [1.82, 2.24) is 4.90 Å². The van der Waals surface area contributed by atoms with Gasteiger partial charge in [0.05, 0.1) is 11.0 Å². The Balaban J connectivity index is 2.47. The average molecular weight is 220 g/mol. The Morgan fingerprint density at radius 3 is 2.43 bits per heavy atom. The van der Waals surface area contributed by atoms with E-state index in [-0.39, 0.29) is 11.0 Å². The lowest BCUT2D eigenvalue weighted by molar-refractivity contribution is 0.277. The van der Waals surface area contributed by atoms with Gasteiger partial charge < -0.3 is 10.6 Å². The molecule has 1 aliphatic heterocycles. The molecule has 2 N–H and O–H groups in total. The molecule has 14 heavy (non-hydrogen) atoms. The molecule has 1 aliphatic rings. The van der Waals surface area contributed by atoms with E-state index in [1.165, 1.54) is 0 Å². The van der Waals surface area contributed by atoms with E-state index >= 15 is 0 Å². The van der Waals surface area contributed by atoms with Gasteiger partial charge in [0.15, 0.2) is 9.84 Å². The SMILES string of the molecule is CN1CCC(S(=O)(=O)CCCN)CC1. The molecule has 1 rings (SSSR count). The van der Waals surface area contributed by atoms with E-state index in [2.05, 4.69) is 4.90 Å². The zero-order valence-corrected chi connectivity index (χ0v) is 9.59. The minimum absolute atomic E-state index is 0.120. The van der Waals surface area contributed by atoms with Crippen molar-refractivity contribution in [3.05, 3.63) is 0 Å². The van der Waals surface area contributed by atoms with Crippen LogP contribution in [0, 0.1) is 0 Å². The molecule has 0 saturated carbocycles. The van der Waals surface area contributed by atoms with Crippen molar-refractivity contribution in [2.24, 2.45) is 5.73 Å². The zero-order chi connectivity index (χ0) is 10.6. The van der Waals surface area contributed by atoms with Gasteiger partial charge in [0.25, 0.3) is 0 Å². The lowest BCUT2D eigenvalue weighted by Gasteiger charge is -2.28. The van der Waals surface area contributed by atoms with Gasteiger partial charge >= 0.3 is 0 Å². The van der Waals surface area contributed by atoms with E-state index in [0.29, 0.717) is 13.0 Å². The van der Waals surface area contributed by atoms with Crippen LogP contribution in [0.15, 0.2) is 0 Å². The molecule has 0 atom stereocenters. The molecule has 0 aromatic carbocycles. The van der Waals surface area contributed by atoms with Crippen LogP contribution in [0.4, 0.5) is 0 Å². The van der Waals surface area contributed by atoms with Gasteiger partial charge in [-0.1, -0.05) is 0 Å². The Hall–Kier alpha value is -0.130. The predicted molar refractivity (Wildman–Crippen MR) is 58.0 cm³/mol. The van der Waals surface area contributed by atoms with Crippen molar-refractivity contribution in [2.75, 3.05) is 32.4 Å². The molecule has 0 bridgehead atoms. The first kappa shape index (κ1) is 11.9. The summed E-state index contributed by atoms with van der Waals surface area (Å²) in [6.45, 7) is 2.25. The molecule has 1 heterocycles. The molecule has 0 spiro atoms.